The van der Waals surface area contributed by atoms with Crippen molar-refractivity contribution in [3.63, 3.8) is 0 Å². The highest BCUT2D eigenvalue weighted by Crippen LogP contribution is 2.14. The Hall–Kier alpha value is -0.910. The molecule has 1 unspecified atom stereocenters. The molecule has 0 spiro atoms. The van der Waals surface area contributed by atoms with Crippen LogP contribution >= 0.6 is 15.9 Å². The van der Waals surface area contributed by atoms with Gasteiger partial charge in [-0.3, -0.25) is 4.79 Å². The summed E-state index contributed by atoms with van der Waals surface area (Å²) < 4.78 is 6.34. The summed E-state index contributed by atoms with van der Waals surface area (Å²) in [5, 5.41) is 5.93. The Morgan fingerprint density at radius 1 is 1.44 bits per heavy atom. The van der Waals surface area contributed by atoms with Crippen LogP contribution in [0.5, 0.6) is 0 Å². The maximum atomic E-state index is 11.8. The van der Waals surface area contributed by atoms with Gasteiger partial charge in [0.2, 0.25) is 0 Å². The Kier molecular flexibility index (Phi) is 3.93. The molecule has 2 N–H and O–H groups in total. The molecule has 1 amide bonds. The fourth-order valence-corrected chi connectivity index (χ4v) is 1.75. The van der Waals surface area contributed by atoms with Crippen molar-refractivity contribution in [2.45, 2.75) is 6.10 Å². The van der Waals surface area contributed by atoms with Gasteiger partial charge in [0, 0.05) is 23.2 Å². The SMILES string of the molecule is O=C(Nc1ccc(Br)cc1)C1CNCCO1. The standard InChI is InChI=1S/C11H13BrN2O2/c12-8-1-3-9(4-2-8)14-11(15)10-7-13-5-6-16-10/h1-4,10,13H,5-7H2,(H,14,15). The fourth-order valence-electron chi connectivity index (χ4n) is 1.49. The van der Waals surface area contributed by atoms with Crippen LogP contribution in [-0.2, 0) is 9.53 Å². The largest absolute Gasteiger partial charge is 0.366 e. The molecule has 0 bridgehead atoms. The number of nitrogens with one attached hydrogen (secondary N) is 2. The van der Waals surface area contributed by atoms with Crippen molar-refractivity contribution in [1.29, 1.82) is 0 Å². The maximum Gasteiger partial charge on any atom is 0.254 e. The number of morpholine rings is 1. The number of rotatable bonds is 2. The van der Waals surface area contributed by atoms with Crippen LogP contribution in [0.3, 0.4) is 0 Å². The van der Waals surface area contributed by atoms with Gasteiger partial charge in [-0.25, -0.2) is 0 Å². The summed E-state index contributed by atoms with van der Waals surface area (Å²) in [6.07, 6.45) is -0.391. The van der Waals surface area contributed by atoms with Crippen LogP contribution in [0.2, 0.25) is 0 Å². The van der Waals surface area contributed by atoms with Gasteiger partial charge in [-0.15, -0.1) is 0 Å². The second-order valence-electron chi connectivity index (χ2n) is 3.56. The molecule has 1 aromatic rings. The van der Waals surface area contributed by atoms with E-state index in [1.807, 2.05) is 24.3 Å². The van der Waals surface area contributed by atoms with Crippen LogP contribution in [0.1, 0.15) is 0 Å². The van der Waals surface area contributed by atoms with Crippen molar-refractivity contribution in [2.75, 3.05) is 25.0 Å². The summed E-state index contributed by atoms with van der Waals surface area (Å²) in [6.45, 7) is 1.96. The molecular formula is C11H13BrN2O2. The Labute approximate surface area is 102 Å². The molecule has 0 saturated carbocycles. The third kappa shape index (κ3) is 3.04. The lowest BCUT2D eigenvalue weighted by molar-refractivity contribution is -0.128. The van der Waals surface area contributed by atoms with Gasteiger partial charge >= 0.3 is 0 Å². The van der Waals surface area contributed by atoms with Gasteiger partial charge in [0.05, 0.1) is 6.61 Å². The van der Waals surface area contributed by atoms with Crippen molar-refractivity contribution < 1.29 is 9.53 Å². The lowest BCUT2D eigenvalue weighted by atomic mass is 10.2. The van der Waals surface area contributed by atoms with Gasteiger partial charge in [-0.2, -0.15) is 0 Å². The van der Waals surface area contributed by atoms with E-state index in [2.05, 4.69) is 26.6 Å². The zero-order valence-corrected chi connectivity index (χ0v) is 10.3. The third-order valence-corrected chi connectivity index (χ3v) is 2.86. The number of hydrogen-bond acceptors (Lipinski definition) is 3. The minimum Gasteiger partial charge on any atom is -0.366 e. The molecule has 1 heterocycles. The average molecular weight is 285 g/mol. The third-order valence-electron chi connectivity index (χ3n) is 2.33. The van der Waals surface area contributed by atoms with Crippen LogP contribution in [0.25, 0.3) is 0 Å². The summed E-state index contributed by atoms with van der Waals surface area (Å²) in [7, 11) is 0. The van der Waals surface area contributed by atoms with Gasteiger partial charge in [-0.1, -0.05) is 15.9 Å². The summed E-state index contributed by atoms with van der Waals surface area (Å²) in [6, 6.07) is 7.46. The average Bonchev–Trinajstić information content (AvgIpc) is 2.33. The van der Waals surface area contributed by atoms with E-state index >= 15 is 0 Å². The fraction of sp³-hybridized carbons (Fsp3) is 0.364. The highest BCUT2D eigenvalue weighted by Gasteiger charge is 2.21. The Morgan fingerprint density at radius 3 is 2.81 bits per heavy atom. The van der Waals surface area contributed by atoms with Crippen molar-refractivity contribution in [1.82, 2.24) is 5.32 Å². The number of anilines is 1. The maximum absolute atomic E-state index is 11.8. The predicted octanol–water partition coefficient (Wildman–Crippen LogP) is 1.38. The number of halogens is 1. The van der Waals surface area contributed by atoms with E-state index in [1.165, 1.54) is 0 Å². The van der Waals surface area contributed by atoms with Crippen LogP contribution in [0.15, 0.2) is 28.7 Å². The molecular weight excluding hydrogens is 272 g/mol. The Morgan fingerprint density at radius 2 is 2.19 bits per heavy atom. The summed E-state index contributed by atoms with van der Waals surface area (Å²) in [5.41, 5.74) is 0.780. The summed E-state index contributed by atoms with van der Waals surface area (Å²) in [4.78, 5) is 11.8. The molecule has 5 heteroatoms. The number of carbonyl (C=O) groups is 1. The van der Waals surface area contributed by atoms with Crippen molar-refractivity contribution in [3.8, 4) is 0 Å². The molecule has 0 radical (unpaired) electrons. The molecule has 16 heavy (non-hydrogen) atoms. The number of ether oxygens (including phenoxy) is 1. The molecule has 0 aliphatic carbocycles. The molecule has 2 rings (SSSR count). The van der Waals surface area contributed by atoms with Crippen LogP contribution in [0.4, 0.5) is 5.69 Å². The normalized spacial score (nSPS) is 20.4. The Bertz CT molecular complexity index is 361. The predicted molar refractivity (Wildman–Crippen MR) is 65.4 cm³/mol. The molecule has 4 nitrogen and oxygen atoms in total. The lowest BCUT2D eigenvalue weighted by Gasteiger charge is -2.22. The van der Waals surface area contributed by atoms with E-state index in [4.69, 9.17) is 4.74 Å². The van der Waals surface area contributed by atoms with E-state index < -0.39 is 6.10 Å². The minimum atomic E-state index is -0.391. The first-order chi connectivity index (χ1) is 7.75. The topological polar surface area (TPSA) is 50.4 Å². The van der Waals surface area contributed by atoms with E-state index in [0.29, 0.717) is 13.2 Å². The van der Waals surface area contributed by atoms with E-state index in [1.54, 1.807) is 0 Å². The molecule has 1 saturated heterocycles. The monoisotopic (exact) mass is 284 g/mol. The second-order valence-corrected chi connectivity index (χ2v) is 4.48. The van der Waals surface area contributed by atoms with Crippen molar-refractivity contribution in [3.05, 3.63) is 28.7 Å². The second kappa shape index (κ2) is 5.43. The lowest BCUT2D eigenvalue weighted by Crippen LogP contribution is -2.45. The highest BCUT2D eigenvalue weighted by atomic mass is 79.9. The zero-order chi connectivity index (χ0) is 11.4. The molecule has 1 fully saturated rings. The number of amides is 1. The number of hydrogen-bond donors (Lipinski definition) is 2. The first-order valence-corrected chi connectivity index (χ1v) is 5.94. The molecule has 0 aromatic heterocycles. The van der Waals surface area contributed by atoms with E-state index in [9.17, 15) is 4.79 Å². The van der Waals surface area contributed by atoms with Gasteiger partial charge in [-0.05, 0) is 24.3 Å². The minimum absolute atomic E-state index is 0.102. The molecule has 1 atom stereocenters. The van der Waals surface area contributed by atoms with Crippen molar-refractivity contribution in [2.24, 2.45) is 0 Å². The smallest absolute Gasteiger partial charge is 0.254 e. The first-order valence-electron chi connectivity index (χ1n) is 5.14. The van der Waals surface area contributed by atoms with Crippen LogP contribution in [-0.4, -0.2) is 31.7 Å². The van der Waals surface area contributed by atoms with E-state index in [-0.39, 0.29) is 5.91 Å². The van der Waals surface area contributed by atoms with Crippen LogP contribution in [0, 0.1) is 0 Å². The van der Waals surface area contributed by atoms with Gasteiger partial charge in [0.25, 0.3) is 5.91 Å². The Balaban J connectivity index is 1.93. The summed E-state index contributed by atoms with van der Waals surface area (Å²) in [5.74, 6) is -0.102. The summed E-state index contributed by atoms with van der Waals surface area (Å²) >= 11 is 3.34. The first kappa shape index (κ1) is 11.6. The molecule has 1 aliphatic rings. The number of benzene rings is 1. The van der Waals surface area contributed by atoms with E-state index in [0.717, 1.165) is 16.7 Å². The number of carbonyl (C=O) groups excluding carboxylic acids is 1. The molecule has 86 valence electrons. The van der Waals surface area contributed by atoms with Gasteiger partial charge in [0.1, 0.15) is 6.10 Å². The zero-order valence-electron chi connectivity index (χ0n) is 8.70. The molecule has 1 aliphatic heterocycles. The molecule has 1 aromatic carbocycles. The highest BCUT2D eigenvalue weighted by molar-refractivity contribution is 9.10. The van der Waals surface area contributed by atoms with Crippen molar-refractivity contribution >= 4 is 27.5 Å². The van der Waals surface area contributed by atoms with Crippen LogP contribution < -0.4 is 10.6 Å². The quantitative estimate of drug-likeness (QED) is 0.863. The van der Waals surface area contributed by atoms with Gasteiger partial charge < -0.3 is 15.4 Å². The van der Waals surface area contributed by atoms with Gasteiger partial charge in [0.15, 0.2) is 0 Å².